The highest BCUT2D eigenvalue weighted by Gasteiger charge is 2.22. The molecule has 1 aliphatic carbocycles. The summed E-state index contributed by atoms with van der Waals surface area (Å²) in [7, 11) is 0. The molecule has 0 spiro atoms. The van der Waals surface area contributed by atoms with Gasteiger partial charge in [-0.3, -0.25) is 4.68 Å². The Morgan fingerprint density at radius 3 is 2.81 bits per heavy atom. The minimum absolute atomic E-state index is 0.221. The molecular formula is C20H28FN5. The average Bonchev–Trinajstić information content (AvgIpc) is 3.05. The summed E-state index contributed by atoms with van der Waals surface area (Å²) in [4.78, 5) is 4.64. The normalized spacial score (nSPS) is 17.3. The highest BCUT2D eigenvalue weighted by Crippen LogP contribution is 2.21. The fourth-order valence-electron chi connectivity index (χ4n) is 3.17. The molecule has 0 saturated carbocycles. The Bertz CT molecular complexity index is 748. The van der Waals surface area contributed by atoms with Gasteiger partial charge >= 0.3 is 0 Å². The number of benzene rings is 1. The molecule has 0 aliphatic heterocycles. The number of nitrogens with zero attached hydrogens (tertiary/aromatic N) is 3. The largest absolute Gasteiger partial charge is 0.357 e. The van der Waals surface area contributed by atoms with Crippen molar-refractivity contribution in [2.45, 2.75) is 58.7 Å². The summed E-state index contributed by atoms with van der Waals surface area (Å²) in [6, 6.07) is 7.20. The third-order valence-electron chi connectivity index (χ3n) is 4.64. The molecule has 2 aromatic rings. The van der Waals surface area contributed by atoms with Crippen LogP contribution in [0.5, 0.6) is 0 Å². The second kappa shape index (κ2) is 8.34. The predicted octanol–water partition coefficient (Wildman–Crippen LogP) is 3.22. The van der Waals surface area contributed by atoms with Gasteiger partial charge in [0.15, 0.2) is 5.96 Å². The molecule has 3 rings (SSSR count). The van der Waals surface area contributed by atoms with Crippen molar-refractivity contribution in [1.29, 1.82) is 0 Å². The Hall–Kier alpha value is -2.37. The zero-order valence-electron chi connectivity index (χ0n) is 15.8. The summed E-state index contributed by atoms with van der Waals surface area (Å²) in [6.07, 6.45) is 5.20. The van der Waals surface area contributed by atoms with Crippen LogP contribution in [0.3, 0.4) is 0 Å². The maximum Gasteiger partial charge on any atom is 0.191 e. The SMILES string of the molecule is CCNC(=NCc1ccc(F)cc1)NC1CCc2cn(C(C)C)nc2C1. The van der Waals surface area contributed by atoms with E-state index in [1.807, 2.05) is 0 Å². The van der Waals surface area contributed by atoms with Gasteiger partial charge in [-0.25, -0.2) is 9.38 Å². The number of aryl methyl sites for hydroxylation is 1. The molecule has 5 nitrogen and oxygen atoms in total. The van der Waals surface area contributed by atoms with E-state index in [0.717, 1.165) is 37.3 Å². The summed E-state index contributed by atoms with van der Waals surface area (Å²) in [5.41, 5.74) is 3.55. The van der Waals surface area contributed by atoms with Gasteiger partial charge < -0.3 is 10.6 Å². The molecule has 0 radical (unpaired) electrons. The van der Waals surface area contributed by atoms with Crippen LogP contribution >= 0.6 is 0 Å². The van der Waals surface area contributed by atoms with Crippen molar-refractivity contribution in [3.05, 3.63) is 53.1 Å². The Morgan fingerprint density at radius 2 is 2.12 bits per heavy atom. The maximum atomic E-state index is 13.0. The molecule has 1 unspecified atom stereocenters. The number of halogens is 1. The smallest absolute Gasteiger partial charge is 0.191 e. The van der Waals surface area contributed by atoms with Crippen molar-refractivity contribution in [3.63, 3.8) is 0 Å². The lowest BCUT2D eigenvalue weighted by atomic mass is 9.94. The van der Waals surface area contributed by atoms with Gasteiger partial charge in [0.05, 0.1) is 12.2 Å². The van der Waals surface area contributed by atoms with Crippen molar-refractivity contribution < 1.29 is 4.39 Å². The number of nitrogens with one attached hydrogen (secondary N) is 2. The van der Waals surface area contributed by atoms with E-state index in [-0.39, 0.29) is 5.82 Å². The van der Waals surface area contributed by atoms with Crippen molar-refractivity contribution >= 4 is 5.96 Å². The Morgan fingerprint density at radius 1 is 1.35 bits per heavy atom. The zero-order chi connectivity index (χ0) is 18.5. The second-order valence-electron chi connectivity index (χ2n) is 7.08. The van der Waals surface area contributed by atoms with Crippen molar-refractivity contribution in [3.8, 4) is 0 Å². The minimum Gasteiger partial charge on any atom is -0.357 e. The standard InChI is InChI=1S/C20H28FN5/c1-4-22-20(23-12-15-5-8-17(21)9-6-15)24-18-10-7-16-13-26(14(2)3)25-19(16)11-18/h5-6,8-9,13-14,18H,4,7,10-12H2,1-3H3,(H2,22,23,24). The predicted molar refractivity (Wildman–Crippen MR) is 103 cm³/mol. The topological polar surface area (TPSA) is 54.2 Å². The quantitative estimate of drug-likeness (QED) is 0.638. The molecule has 140 valence electrons. The number of aliphatic imine (C=N–C) groups is 1. The third-order valence-corrected chi connectivity index (χ3v) is 4.64. The lowest BCUT2D eigenvalue weighted by Gasteiger charge is -2.24. The van der Waals surface area contributed by atoms with Crippen LogP contribution in [0.25, 0.3) is 0 Å². The number of rotatable bonds is 5. The molecule has 0 saturated heterocycles. The van der Waals surface area contributed by atoms with E-state index < -0.39 is 0 Å². The number of fused-ring (bicyclic) bond motifs is 1. The van der Waals surface area contributed by atoms with Crippen LogP contribution in [0.2, 0.25) is 0 Å². The van der Waals surface area contributed by atoms with Crippen LogP contribution in [-0.4, -0.2) is 28.3 Å². The molecule has 0 fully saturated rings. The fourth-order valence-corrected chi connectivity index (χ4v) is 3.17. The van der Waals surface area contributed by atoms with Gasteiger partial charge in [0.25, 0.3) is 0 Å². The molecule has 26 heavy (non-hydrogen) atoms. The maximum absolute atomic E-state index is 13.0. The summed E-state index contributed by atoms with van der Waals surface area (Å²) >= 11 is 0. The molecule has 6 heteroatoms. The monoisotopic (exact) mass is 357 g/mol. The highest BCUT2D eigenvalue weighted by molar-refractivity contribution is 5.80. The Labute approximate surface area is 154 Å². The first-order valence-corrected chi connectivity index (χ1v) is 9.41. The molecule has 0 amide bonds. The molecule has 1 aromatic heterocycles. The van der Waals surface area contributed by atoms with Crippen LogP contribution in [-0.2, 0) is 19.4 Å². The lowest BCUT2D eigenvalue weighted by Crippen LogP contribution is -2.45. The van der Waals surface area contributed by atoms with Gasteiger partial charge in [-0.1, -0.05) is 12.1 Å². The van der Waals surface area contributed by atoms with Crippen LogP contribution in [0.15, 0.2) is 35.5 Å². The van der Waals surface area contributed by atoms with E-state index in [9.17, 15) is 4.39 Å². The van der Waals surface area contributed by atoms with Gasteiger partial charge in [0.1, 0.15) is 5.82 Å². The summed E-state index contributed by atoms with van der Waals surface area (Å²) in [5.74, 6) is 0.579. The second-order valence-corrected chi connectivity index (χ2v) is 7.08. The minimum atomic E-state index is -0.221. The van der Waals surface area contributed by atoms with Gasteiger partial charge in [-0.2, -0.15) is 5.10 Å². The lowest BCUT2D eigenvalue weighted by molar-refractivity contribution is 0.499. The Kier molecular flexibility index (Phi) is 5.91. The molecule has 1 heterocycles. The van der Waals surface area contributed by atoms with Crippen molar-refractivity contribution in [2.24, 2.45) is 4.99 Å². The van der Waals surface area contributed by atoms with Crippen molar-refractivity contribution in [2.75, 3.05) is 6.54 Å². The molecule has 0 bridgehead atoms. The van der Waals surface area contributed by atoms with E-state index in [1.165, 1.54) is 23.4 Å². The number of hydrogen-bond acceptors (Lipinski definition) is 2. The first kappa shape index (κ1) is 18.4. The first-order chi connectivity index (χ1) is 12.5. The highest BCUT2D eigenvalue weighted by atomic mass is 19.1. The average molecular weight is 357 g/mol. The summed E-state index contributed by atoms with van der Waals surface area (Å²) < 4.78 is 15.1. The summed E-state index contributed by atoms with van der Waals surface area (Å²) in [6.45, 7) is 7.68. The third kappa shape index (κ3) is 4.62. The van der Waals surface area contributed by atoms with E-state index in [2.05, 4.69) is 47.3 Å². The molecule has 2 N–H and O–H groups in total. The van der Waals surface area contributed by atoms with Gasteiger partial charge in [0, 0.05) is 31.2 Å². The van der Waals surface area contributed by atoms with E-state index in [0.29, 0.717) is 18.6 Å². The van der Waals surface area contributed by atoms with Gasteiger partial charge in [-0.05, 0) is 56.9 Å². The van der Waals surface area contributed by atoms with Crippen LogP contribution in [0, 0.1) is 5.82 Å². The number of guanidine groups is 1. The fraction of sp³-hybridized carbons (Fsp3) is 0.500. The molecule has 1 aromatic carbocycles. The van der Waals surface area contributed by atoms with Crippen molar-refractivity contribution in [1.82, 2.24) is 20.4 Å². The number of hydrogen-bond donors (Lipinski definition) is 2. The van der Waals surface area contributed by atoms with E-state index in [4.69, 9.17) is 5.10 Å². The van der Waals surface area contributed by atoms with Crippen LogP contribution in [0.1, 0.15) is 50.1 Å². The van der Waals surface area contributed by atoms with E-state index >= 15 is 0 Å². The van der Waals surface area contributed by atoms with Gasteiger partial charge in [-0.15, -0.1) is 0 Å². The number of aromatic nitrogens is 2. The Balaban J connectivity index is 1.64. The molecule has 1 atom stereocenters. The first-order valence-electron chi connectivity index (χ1n) is 9.41. The molecular weight excluding hydrogens is 329 g/mol. The van der Waals surface area contributed by atoms with Crippen LogP contribution in [0.4, 0.5) is 4.39 Å². The summed E-state index contributed by atoms with van der Waals surface area (Å²) in [5, 5.41) is 11.6. The van der Waals surface area contributed by atoms with Crippen LogP contribution < -0.4 is 10.6 Å². The molecule has 1 aliphatic rings. The van der Waals surface area contributed by atoms with Gasteiger partial charge in [0.2, 0.25) is 0 Å². The van der Waals surface area contributed by atoms with E-state index in [1.54, 1.807) is 12.1 Å². The zero-order valence-corrected chi connectivity index (χ0v) is 15.8.